The van der Waals surface area contributed by atoms with E-state index in [9.17, 15) is 9.59 Å². The molecule has 4 heteroatoms. The number of methoxy groups -OCH3 is 1. The number of hydrogen-bond acceptors (Lipinski definition) is 3. The molecule has 0 aliphatic rings. The van der Waals surface area contributed by atoms with Crippen molar-refractivity contribution in [1.29, 1.82) is 0 Å². The standard InChI is InChI=1S/C19H21NO3/c1-13-4-7-15(8-5-13)17(21)9-11-19(22)20-16-12-14(2)6-10-18(16)23-3/h4-8,10,12H,9,11H2,1-3H3,(H,20,22). The third-order valence-electron chi connectivity index (χ3n) is 3.58. The predicted octanol–water partition coefficient (Wildman–Crippen LogP) is 3.91. The van der Waals surface area contributed by atoms with Crippen molar-refractivity contribution in [2.75, 3.05) is 12.4 Å². The van der Waals surface area contributed by atoms with Crippen LogP contribution in [0.25, 0.3) is 0 Å². The Kier molecular flexibility index (Phi) is 5.52. The number of hydrogen-bond donors (Lipinski definition) is 1. The van der Waals surface area contributed by atoms with Gasteiger partial charge in [0.2, 0.25) is 5.91 Å². The second-order valence-corrected chi connectivity index (χ2v) is 5.54. The van der Waals surface area contributed by atoms with E-state index in [1.807, 2.05) is 44.2 Å². The van der Waals surface area contributed by atoms with Crippen molar-refractivity contribution >= 4 is 17.4 Å². The first-order valence-corrected chi connectivity index (χ1v) is 7.54. The van der Waals surface area contributed by atoms with Crippen LogP contribution in [-0.4, -0.2) is 18.8 Å². The van der Waals surface area contributed by atoms with E-state index in [0.29, 0.717) is 17.0 Å². The average molecular weight is 311 g/mol. The highest BCUT2D eigenvalue weighted by atomic mass is 16.5. The van der Waals surface area contributed by atoms with Crippen molar-refractivity contribution < 1.29 is 14.3 Å². The Labute approximate surface area is 136 Å². The van der Waals surface area contributed by atoms with Crippen molar-refractivity contribution in [2.24, 2.45) is 0 Å². The van der Waals surface area contributed by atoms with Crippen LogP contribution < -0.4 is 10.1 Å². The van der Waals surface area contributed by atoms with Gasteiger partial charge in [-0.25, -0.2) is 0 Å². The summed E-state index contributed by atoms with van der Waals surface area (Å²) in [5.41, 5.74) is 3.39. The molecule has 23 heavy (non-hydrogen) atoms. The van der Waals surface area contributed by atoms with Gasteiger partial charge in [0.25, 0.3) is 0 Å². The van der Waals surface area contributed by atoms with Crippen LogP contribution >= 0.6 is 0 Å². The molecular weight excluding hydrogens is 290 g/mol. The Morgan fingerprint density at radius 1 is 0.957 bits per heavy atom. The molecule has 0 spiro atoms. The number of carbonyl (C=O) groups excluding carboxylic acids is 2. The summed E-state index contributed by atoms with van der Waals surface area (Å²) >= 11 is 0. The van der Waals surface area contributed by atoms with Gasteiger partial charge in [-0.15, -0.1) is 0 Å². The van der Waals surface area contributed by atoms with Gasteiger partial charge in [0, 0.05) is 18.4 Å². The lowest BCUT2D eigenvalue weighted by atomic mass is 10.0. The SMILES string of the molecule is COc1ccc(C)cc1NC(=O)CCC(=O)c1ccc(C)cc1. The molecule has 4 nitrogen and oxygen atoms in total. The molecule has 0 aromatic heterocycles. The number of ketones is 1. The summed E-state index contributed by atoms with van der Waals surface area (Å²) in [7, 11) is 1.56. The number of aryl methyl sites for hydroxylation is 2. The summed E-state index contributed by atoms with van der Waals surface area (Å²) in [6.45, 7) is 3.91. The Bertz CT molecular complexity index is 705. The summed E-state index contributed by atoms with van der Waals surface area (Å²) in [4.78, 5) is 24.1. The summed E-state index contributed by atoms with van der Waals surface area (Å²) < 4.78 is 5.23. The van der Waals surface area contributed by atoms with E-state index in [0.717, 1.165) is 11.1 Å². The molecule has 0 heterocycles. The first-order chi connectivity index (χ1) is 11.0. The largest absolute Gasteiger partial charge is 0.495 e. The molecular formula is C19H21NO3. The van der Waals surface area contributed by atoms with Gasteiger partial charge in [-0.05, 0) is 31.5 Å². The second kappa shape index (κ2) is 7.58. The zero-order valence-corrected chi connectivity index (χ0v) is 13.7. The molecule has 0 aliphatic heterocycles. The number of rotatable bonds is 6. The average Bonchev–Trinajstić information content (AvgIpc) is 2.53. The highest BCUT2D eigenvalue weighted by Crippen LogP contribution is 2.25. The van der Waals surface area contributed by atoms with Gasteiger partial charge in [0.15, 0.2) is 5.78 Å². The molecule has 0 radical (unpaired) electrons. The lowest BCUT2D eigenvalue weighted by Crippen LogP contribution is -2.14. The lowest BCUT2D eigenvalue weighted by molar-refractivity contribution is -0.116. The van der Waals surface area contributed by atoms with Crippen molar-refractivity contribution in [3.8, 4) is 5.75 Å². The first kappa shape index (κ1) is 16.7. The highest BCUT2D eigenvalue weighted by molar-refractivity contribution is 6.00. The fourth-order valence-electron chi connectivity index (χ4n) is 2.24. The molecule has 2 aromatic carbocycles. The third kappa shape index (κ3) is 4.68. The van der Waals surface area contributed by atoms with Crippen molar-refractivity contribution in [3.63, 3.8) is 0 Å². The topological polar surface area (TPSA) is 55.4 Å². The van der Waals surface area contributed by atoms with Gasteiger partial charge in [-0.2, -0.15) is 0 Å². The minimum atomic E-state index is -0.200. The van der Waals surface area contributed by atoms with Crippen LogP contribution in [0.5, 0.6) is 5.75 Å². The maximum absolute atomic E-state index is 12.1. The Morgan fingerprint density at radius 2 is 1.61 bits per heavy atom. The van der Waals surface area contributed by atoms with Crippen molar-refractivity contribution in [2.45, 2.75) is 26.7 Å². The van der Waals surface area contributed by atoms with Gasteiger partial charge in [-0.1, -0.05) is 35.9 Å². The van der Waals surface area contributed by atoms with E-state index < -0.39 is 0 Å². The number of carbonyl (C=O) groups is 2. The van der Waals surface area contributed by atoms with Gasteiger partial charge >= 0.3 is 0 Å². The number of Topliss-reactive ketones (excluding diaryl/α,β-unsaturated/α-hetero) is 1. The Balaban J connectivity index is 1.94. The van der Waals surface area contributed by atoms with Crippen LogP contribution in [0, 0.1) is 13.8 Å². The predicted molar refractivity (Wildman–Crippen MR) is 91.1 cm³/mol. The zero-order valence-electron chi connectivity index (χ0n) is 13.7. The molecule has 0 fully saturated rings. The normalized spacial score (nSPS) is 10.2. The molecule has 0 aliphatic carbocycles. The number of ether oxygens (including phenoxy) is 1. The van der Waals surface area contributed by atoms with E-state index in [2.05, 4.69) is 5.32 Å². The quantitative estimate of drug-likeness (QED) is 0.823. The molecule has 0 bridgehead atoms. The molecule has 1 N–H and O–H groups in total. The van der Waals surface area contributed by atoms with Crippen LogP contribution in [-0.2, 0) is 4.79 Å². The summed E-state index contributed by atoms with van der Waals surface area (Å²) in [6.07, 6.45) is 0.326. The van der Waals surface area contributed by atoms with E-state index in [-0.39, 0.29) is 24.5 Å². The van der Waals surface area contributed by atoms with Crippen molar-refractivity contribution in [3.05, 3.63) is 59.2 Å². The molecule has 120 valence electrons. The van der Waals surface area contributed by atoms with E-state index in [4.69, 9.17) is 4.74 Å². The lowest BCUT2D eigenvalue weighted by Gasteiger charge is -2.11. The number of nitrogens with one attached hydrogen (secondary N) is 1. The molecule has 1 amide bonds. The fourth-order valence-corrected chi connectivity index (χ4v) is 2.24. The smallest absolute Gasteiger partial charge is 0.224 e. The highest BCUT2D eigenvalue weighted by Gasteiger charge is 2.11. The van der Waals surface area contributed by atoms with Crippen LogP contribution in [0.2, 0.25) is 0 Å². The third-order valence-corrected chi connectivity index (χ3v) is 3.58. The monoisotopic (exact) mass is 311 g/mol. The van der Waals surface area contributed by atoms with E-state index in [1.54, 1.807) is 19.2 Å². The van der Waals surface area contributed by atoms with Crippen LogP contribution in [0.4, 0.5) is 5.69 Å². The second-order valence-electron chi connectivity index (χ2n) is 5.54. The first-order valence-electron chi connectivity index (χ1n) is 7.54. The van der Waals surface area contributed by atoms with Crippen LogP contribution in [0.15, 0.2) is 42.5 Å². The Hall–Kier alpha value is -2.62. The fraction of sp³-hybridized carbons (Fsp3) is 0.263. The maximum atomic E-state index is 12.1. The van der Waals surface area contributed by atoms with Crippen molar-refractivity contribution in [1.82, 2.24) is 0 Å². The molecule has 0 unspecified atom stereocenters. The van der Waals surface area contributed by atoms with Gasteiger partial charge in [-0.3, -0.25) is 9.59 Å². The number of benzene rings is 2. The Morgan fingerprint density at radius 3 is 2.26 bits per heavy atom. The molecule has 2 rings (SSSR count). The van der Waals surface area contributed by atoms with Gasteiger partial charge in [0.1, 0.15) is 5.75 Å². The number of anilines is 1. The molecule has 0 saturated heterocycles. The molecule has 2 aromatic rings. The van der Waals surface area contributed by atoms with E-state index in [1.165, 1.54) is 0 Å². The minimum absolute atomic E-state index is 0.0312. The minimum Gasteiger partial charge on any atom is -0.495 e. The van der Waals surface area contributed by atoms with E-state index >= 15 is 0 Å². The van der Waals surface area contributed by atoms with Gasteiger partial charge in [0.05, 0.1) is 12.8 Å². The summed E-state index contributed by atoms with van der Waals surface area (Å²) in [6, 6.07) is 12.9. The van der Waals surface area contributed by atoms with Gasteiger partial charge < -0.3 is 10.1 Å². The summed E-state index contributed by atoms with van der Waals surface area (Å²) in [5.74, 6) is 0.375. The van der Waals surface area contributed by atoms with Crippen LogP contribution in [0.3, 0.4) is 0 Å². The number of amides is 1. The summed E-state index contributed by atoms with van der Waals surface area (Å²) in [5, 5.41) is 2.80. The zero-order chi connectivity index (χ0) is 16.8. The maximum Gasteiger partial charge on any atom is 0.224 e. The van der Waals surface area contributed by atoms with Crippen LogP contribution in [0.1, 0.15) is 34.3 Å². The molecule has 0 saturated carbocycles. The molecule has 0 atom stereocenters.